The second-order valence-corrected chi connectivity index (χ2v) is 11.2. The van der Waals surface area contributed by atoms with E-state index in [4.69, 9.17) is 0 Å². The van der Waals surface area contributed by atoms with E-state index < -0.39 is 0 Å². The zero-order chi connectivity index (χ0) is 26.6. The molecule has 0 aromatic heterocycles. The molecule has 40 heavy (non-hydrogen) atoms. The molecule has 0 fully saturated rings. The molecular formula is C40H30. The lowest BCUT2D eigenvalue weighted by Crippen LogP contribution is -1.96. The van der Waals surface area contributed by atoms with Crippen molar-refractivity contribution >= 4 is 49.2 Å². The largest absolute Gasteiger partial charge is 0.0652 e. The van der Waals surface area contributed by atoms with Crippen LogP contribution in [0.1, 0.15) is 30.9 Å². The van der Waals surface area contributed by atoms with Crippen LogP contribution in [0.4, 0.5) is 0 Å². The van der Waals surface area contributed by atoms with Crippen molar-refractivity contribution in [2.45, 2.75) is 26.2 Å². The van der Waals surface area contributed by atoms with Gasteiger partial charge in [-0.05, 0) is 101 Å². The van der Waals surface area contributed by atoms with Gasteiger partial charge in [0.25, 0.3) is 0 Å². The molecule has 0 saturated heterocycles. The maximum Gasteiger partial charge on any atom is -0.00207 e. The summed E-state index contributed by atoms with van der Waals surface area (Å²) in [4.78, 5) is 0. The van der Waals surface area contributed by atoms with Gasteiger partial charge in [-0.15, -0.1) is 0 Å². The van der Waals surface area contributed by atoms with Crippen molar-refractivity contribution in [2.24, 2.45) is 0 Å². The number of fused-ring (bicyclic) bond motifs is 5. The van der Waals surface area contributed by atoms with E-state index in [0.29, 0.717) is 0 Å². The Hall–Kier alpha value is -4.68. The minimum Gasteiger partial charge on any atom is -0.0652 e. The van der Waals surface area contributed by atoms with Crippen molar-refractivity contribution < 1.29 is 0 Å². The highest BCUT2D eigenvalue weighted by Gasteiger charge is 2.24. The van der Waals surface area contributed by atoms with Crippen LogP contribution in [0.5, 0.6) is 0 Å². The first kappa shape index (κ1) is 23.2. The van der Waals surface area contributed by atoms with Crippen molar-refractivity contribution in [3.8, 4) is 22.3 Å². The quantitative estimate of drug-likeness (QED) is 0.207. The van der Waals surface area contributed by atoms with E-state index in [-0.39, 0.29) is 0 Å². The summed E-state index contributed by atoms with van der Waals surface area (Å²) < 4.78 is 0. The number of hydrogen-bond acceptors (Lipinski definition) is 0. The van der Waals surface area contributed by atoms with E-state index >= 15 is 0 Å². The molecule has 0 nitrogen and oxygen atoms in total. The van der Waals surface area contributed by atoms with E-state index in [9.17, 15) is 0 Å². The highest BCUT2D eigenvalue weighted by molar-refractivity contribution is 6.16. The lowest BCUT2D eigenvalue weighted by Gasteiger charge is -2.19. The Morgan fingerprint density at radius 1 is 0.500 bits per heavy atom. The molecule has 0 heterocycles. The van der Waals surface area contributed by atoms with E-state index in [1.165, 1.54) is 82.9 Å². The number of rotatable bonds is 4. The van der Waals surface area contributed by atoms with Gasteiger partial charge in [-0.1, -0.05) is 134 Å². The third-order valence-electron chi connectivity index (χ3n) is 8.76. The van der Waals surface area contributed by atoms with Crippen LogP contribution in [0.25, 0.3) is 71.4 Å². The molecule has 0 amide bonds. The van der Waals surface area contributed by atoms with Crippen LogP contribution in [-0.2, 0) is 6.42 Å². The van der Waals surface area contributed by atoms with Crippen LogP contribution in [0.3, 0.4) is 0 Å². The van der Waals surface area contributed by atoms with E-state index in [1.54, 1.807) is 5.57 Å². The summed E-state index contributed by atoms with van der Waals surface area (Å²) in [6.07, 6.45) is 5.84. The third-order valence-corrected chi connectivity index (χ3v) is 8.76. The summed E-state index contributed by atoms with van der Waals surface area (Å²) >= 11 is 0. The van der Waals surface area contributed by atoms with Crippen LogP contribution < -0.4 is 0 Å². The maximum atomic E-state index is 2.52. The molecule has 8 rings (SSSR count). The van der Waals surface area contributed by atoms with Gasteiger partial charge in [-0.25, -0.2) is 0 Å². The van der Waals surface area contributed by atoms with Gasteiger partial charge >= 0.3 is 0 Å². The van der Waals surface area contributed by atoms with Gasteiger partial charge in [0, 0.05) is 0 Å². The fourth-order valence-corrected chi connectivity index (χ4v) is 7.04. The zero-order valence-corrected chi connectivity index (χ0v) is 22.7. The average Bonchev–Trinajstić information content (AvgIpc) is 3.43. The maximum absolute atomic E-state index is 2.52. The summed E-state index contributed by atoms with van der Waals surface area (Å²) in [5.74, 6) is 0. The molecule has 190 valence electrons. The normalized spacial score (nSPS) is 12.9. The lowest BCUT2D eigenvalue weighted by molar-refractivity contribution is 0.887. The lowest BCUT2D eigenvalue weighted by atomic mass is 9.84. The molecular weight excluding hydrogens is 480 g/mol. The van der Waals surface area contributed by atoms with Crippen molar-refractivity contribution in [3.63, 3.8) is 0 Å². The summed E-state index contributed by atoms with van der Waals surface area (Å²) in [6, 6.07) is 45.0. The molecule has 0 N–H and O–H groups in total. The highest BCUT2D eigenvalue weighted by Crippen LogP contribution is 2.47. The Bertz CT molecular complexity index is 2030. The third kappa shape index (κ3) is 3.53. The van der Waals surface area contributed by atoms with Crippen LogP contribution in [0, 0.1) is 0 Å². The first-order valence-corrected chi connectivity index (χ1v) is 14.5. The van der Waals surface area contributed by atoms with Crippen molar-refractivity contribution in [1.29, 1.82) is 0 Å². The van der Waals surface area contributed by atoms with Gasteiger partial charge in [0.2, 0.25) is 0 Å². The predicted octanol–water partition coefficient (Wildman–Crippen LogP) is 11.4. The smallest absolute Gasteiger partial charge is 0.00207 e. The standard InChI is InChI=1S/C40H30/c1-2-11-26-22-37-35(39-31-16-7-3-12-27(31)24-28-13-4-8-17-32(28)39)20-21-36(38(37)23-26)40-33-18-9-5-14-29(33)25-30-15-6-10-19-34(30)40/h3-10,12-22,24-25H,2,11,23H2,1H3. The van der Waals surface area contributed by atoms with Crippen LogP contribution in [0.15, 0.2) is 127 Å². The topological polar surface area (TPSA) is 0 Å². The molecule has 1 aliphatic rings. The SMILES string of the molecule is CCCC1=Cc2c(-c3c4ccccc4cc4ccccc34)ccc(-c3c4ccccc4cc4ccccc34)c2C1. The molecule has 1 aliphatic carbocycles. The molecule has 0 unspecified atom stereocenters. The highest BCUT2D eigenvalue weighted by atomic mass is 14.3. The van der Waals surface area contributed by atoms with Gasteiger partial charge in [-0.3, -0.25) is 0 Å². The van der Waals surface area contributed by atoms with Crippen molar-refractivity contribution in [2.75, 3.05) is 0 Å². The fraction of sp³-hybridized carbons (Fsp3) is 0.100. The van der Waals surface area contributed by atoms with Gasteiger partial charge in [0.1, 0.15) is 0 Å². The van der Waals surface area contributed by atoms with E-state index in [0.717, 1.165) is 12.8 Å². The zero-order valence-electron chi connectivity index (χ0n) is 22.7. The Morgan fingerprint density at radius 2 is 0.925 bits per heavy atom. The predicted molar refractivity (Wildman–Crippen MR) is 174 cm³/mol. The minimum atomic E-state index is 1.02. The molecule has 0 spiro atoms. The van der Waals surface area contributed by atoms with E-state index in [1.807, 2.05) is 0 Å². The summed E-state index contributed by atoms with van der Waals surface area (Å²) in [5.41, 5.74) is 9.86. The molecule has 0 heteroatoms. The molecule has 7 aromatic carbocycles. The molecule has 0 saturated carbocycles. The van der Waals surface area contributed by atoms with Gasteiger partial charge in [0.15, 0.2) is 0 Å². The van der Waals surface area contributed by atoms with Gasteiger partial charge in [-0.2, -0.15) is 0 Å². The van der Waals surface area contributed by atoms with Gasteiger partial charge in [0.05, 0.1) is 0 Å². The minimum absolute atomic E-state index is 1.02. The second kappa shape index (κ2) is 9.21. The molecule has 0 atom stereocenters. The van der Waals surface area contributed by atoms with Crippen LogP contribution >= 0.6 is 0 Å². The van der Waals surface area contributed by atoms with Crippen molar-refractivity contribution in [3.05, 3.63) is 138 Å². The Labute approximate surface area is 235 Å². The molecule has 0 bridgehead atoms. The Kier molecular flexibility index (Phi) is 5.35. The van der Waals surface area contributed by atoms with E-state index in [2.05, 4.69) is 134 Å². The summed E-state index contributed by atoms with van der Waals surface area (Å²) in [5, 5.41) is 10.5. The Balaban J connectivity index is 1.49. The number of allylic oxidation sites excluding steroid dienone is 1. The molecule has 0 aliphatic heterocycles. The van der Waals surface area contributed by atoms with Gasteiger partial charge < -0.3 is 0 Å². The second-order valence-electron chi connectivity index (χ2n) is 11.2. The number of hydrogen-bond donors (Lipinski definition) is 0. The van der Waals surface area contributed by atoms with Crippen LogP contribution in [0.2, 0.25) is 0 Å². The first-order chi connectivity index (χ1) is 19.8. The number of benzene rings is 7. The van der Waals surface area contributed by atoms with Crippen LogP contribution in [-0.4, -0.2) is 0 Å². The first-order valence-electron chi connectivity index (χ1n) is 14.5. The van der Waals surface area contributed by atoms with Crippen molar-refractivity contribution in [1.82, 2.24) is 0 Å². The Morgan fingerprint density at radius 3 is 1.40 bits per heavy atom. The monoisotopic (exact) mass is 510 g/mol. The summed E-state index contributed by atoms with van der Waals surface area (Å²) in [6.45, 7) is 2.29. The average molecular weight is 511 g/mol. The molecule has 7 aromatic rings. The summed E-state index contributed by atoms with van der Waals surface area (Å²) in [7, 11) is 0. The molecule has 0 radical (unpaired) electrons. The fourth-order valence-electron chi connectivity index (χ4n) is 7.04.